The molecular formula is C23H27ClF3N3O3S. The zero-order valence-electron chi connectivity index (χ0n) is 18.8. The molecule has 1 fully saturated rings. The number of nitrogens with zero attached hydrogens (tertiary/aromatic N) is 2. The van der Waals surface area contributed by atoms with Crippen LogP contribution in [0.3, 0.4) is 0 Å². The van der Waals surface area contributed by atoms with Gasteiger partial charge < -0.3 is 9.80 Å². The number of hydrogen-bond acceptors (Lipinski definition) is 4. The van der Waals surface area contributed by atoms with Crippen molar-refractivity contribution in [2.45, 2.75) is 37.4 Å². The van der Waals surface area contributed by atoms with Gasteiger partial charge in [-0.2, -0.15) is 17.9 Å². The number of benzene rings is 2. The average Bonchev–Trinajstić information content (AvgIpc) is 2.81. The van der Waals surface area contributed by atoms with E-state index in [-0.39, 0.29) is 29.8 Å². The predicted molar refractivity (Wildman–Crippen MR) is 125 cm³/mol. The first-order valence-electron chi connectivity index (χ1n) is 10.9. The number of carbonyl (C=O) groups is 1. The summed E-state index contributed by atoms with van der Waals surface area (Å²) in [5.41, 5.74) is -0.291. The lowest BCUT2D eigenvalue weighted by Crippen LogP contribution is -2.56. The van der Waals surface area contributed by atoms with E-state index < -0.39 is 27.8 Å². The number of nitrogens with one attached hydrogen (secondary N) is 1. The minimum absolute atomic E-state index is 0.00682. The Kier molecular flexibility index (Phi) is 8.15. The minimum atomic E-state index is -4.43. The third-order valence-electron chi connectivity index (χ3n) is 6.02. The van der Waals surface area contributed by atoms with Gasteiger partial charge in [0.05, 0.1) is 10.5 Å². The van der Waals surface area contributed by atoms with E-state index in [0.717, 1.165) is 12.1 Å². The van der Waals surface area contributed by atoms with Crippen LogP contribution in [0.15, 0.2) is 53.4 Å². The molecule has 0 radical (unpaired) electrons. The summed E-state index contributed by atoms with van der Waals surface area (Å²) in [6.45, 7) is 4.88. The van der Waals surface area contributed by atoms with E-state index in [1.54, 1.807) is 22.8 Å². The summed E-state index contributed by atoms with van der Waals surface area (Å²) < 4.78 is 67.5. The van der Waals surface area contributed by atoms with Gasteiger partial charge in [0.2, 0.25) is 15.9 Å². The Bertz CT molecular complexity index is 1100. The first-order chi connectivity index (χ1) is 15.9. The number of sulfonamides is 1. The van der Waals surface area contributed by atoms with Crippen molar-refractivity contribution in [1.29, 1.82) is 0 Å². The summed E-state index contributed by atoms with van der Waals surface area (Å²) in [5.74, 6) is -0.619. The first-order valence-corrected chi connectivity index (χ1v) is 12.8. The zero-order chi connectivity index (χ0) is 25.1. The Morgan fingerprint density at radius 1 is 1.09 bits per heavy atom. The van der Waals surface area contributed by atoms with E-state index in [0.29, 0.717) is 30.2 Å². The van der Waals surface area contributed by atoms with Crippen molar-refractivity contribution < 1.29 is 26.4 Å². The highest BCUT2D eigenvalue weighted by molar-refractivity contribution is 7.89. The van der Waals surface area contributed by atoms with Crippen LogP contribution in [0.25, 0.3) is 0 Å². The SMILES string of the molecule is CCC(C)C(NS(=O)(=O)c1ccc(Cl)cc1)C(=O)N1CCN(c2cccc(C(F)(F)F)c2)CC1. The van der Waals surface area contributed by atoms with Gasteiger partial charge >= 0.3 is 6.18 Å². The van der Waals surface area contributed by atoms with Gasteiger partial charge in [-0.25, -0.2) is 8.42 Å². The fourth-order valence-electron chi connectivity index (χ4n) is 3.76. The fraction of sp³-hybridized carbons (Fsp3) is 0.435. The first kappa shape index (κ1) is 26.3. The summed E-state index contributed by atoms with van der Waals surface area (Å²) >= 11 is 5.84. The van der Waals surface area contributed by atoms with Crippen LogP contribution in [0.1, 0.15) is 25.8 Å². The summed E-state index contributed by atoms with van der Waals surface area (Å²) in [7, 11) is -3.96. The molecule has 2 aromatic rings. The molecule has 34 heavy (non-hydrogen) atoms. The van der Waals surface area contributed by atoms with Crippen LogP contribution in [-0.2, 0) is 21.0 Å². The van der Waals surface area contributed by atoms with Crippen LogP contribution in [0.2, 0.25) is 5.02 Å². The standard InChI is InChI=1S/C23H27ClF3N3O3S/c1-3-16(2)21(28-34(32,33)20-9-7-18(24)8-10-20)22(31)30-13-11-29(12-14-30)19-6-4-5-17(15-19)23(25,26)27/h4-10,15-16,21,28H,3,11-14H2,1-2H3. The molecule has 0 aromatic heterocycles. The van der Waals surface area contributed by atoms with Gasteiger partial charge in [-0.3, -0.25) is 4.79 Å². The highest BCUT2D eigenvalue weighted by Crippen LogP contribution is 2.32. The van der Waals surface area contributed by atoms with Crippen LogP contribution in [-0.4, -0.2) is 51.4 Å². The van der Waals surface area contributed by atoms with Crippen molar-refractivity contribution in [3.63, 3.8) is 0 Å². The number of alkyl halides is 3. The van der Waals surface area contributed by atoms with Crippen molar-refractivity contribution >= 4 is 33.2 Å². The number of rotatable bonds is 7. The third kappa shape index (κ3) is 6.22. The fourth-order valence-corrected chi connectivity index (χ4v) is 5.18. The molecule has 1 amide bonds. The van der Waals surface area contributed by atoms with Crippen molar-refractivity contribution in [3.05, 3.63) is 59.1 Å². The molecule has 0 saturated carbocycles. The number of carbonyl (C=O) groups excluding carboxylic acids is 1. The maximum Gasteiger partial charge on any atom is 0.416 e. The van der Waals surface area contributed by atoms with Crippen molar-refractivity contribution in [2.24, 2.45) is 5.92 Å². The van der Waals surface area contributed by atoms with Gasteiger partial charge in [0.1, 0.15) is 6.04 Å². The molecule has 1 N–H and O–H groups in total. The molecule has 0 aliphatic carbocycles. The van der Waals surface area contributed by atoms with Crippen LogP contribution in [0.5, 0.6) is 0 Å². The number of anilines is 1. The van der Waals surface area contributed by atoms with Crippen molar-refractivity contribution in [1.82, 2.24) is 9.62 Å². The van der Waals surface area contributed by atoms with Gasteiger partial charge in [0.25, 0.3) is 0 Å². The third-order valence-corrected chi connectivity index (χ3v) is 7.72. The maximum absolute atomic E-state index is 13.3. The Morgan fingerprint density at radius 2 is 1.71 bits per heavy atom. The van der Waals surface area contributed by atoms with Crippen LogP contribution >= 0.6 is 11.6 Å². The molecule has 186 valence electrons. The number of halogens is 4. The second-order valence-electron chi connectivity index (χ2n) is 8.30. The molecule has 2 aromatic carbocycles. The van der Waals surface area contributed by atoms with Crippen molar-refractivity contribution in [3.8, 4) is 0 Å². The summed E-state index contributed by atoms with van der Waals surface area (Å²) in [5, 5.41) is 0.396. The lowest BCUT2D eigenvalue weighted by molar-refractivity contribution is -0.137. The molecule has 11 heteroatoms. The average molecular weight is 518 g/mol. The second kappa shape index (κ2) is 10.5. The monoisotopic (exact) mass is 517 g/mol. The lowest BCUT2D eigenvalue weighted by Gasteiger charge is -2.38. The maximum atomic E-state index is 13.3. The van der Waals surface area contributed by atoms with Crippen LogP contribution in [0.4, 0.5) is 18.9 Å². The largest absolute Gasteiger partial charge is 0.416 e. The highest BCUT2D eigenvalue weighted by Gasteiger charge is 2.35. The van der Waals surface area contributed by atoms with Gasteiger partial charge in [0, 0.05) is 36.9 Å². The molecule has 1 aliphatic rings. The topological polar surface area (TPSA) is 69.7 Å². The molecular weight excluding hydrogens is 491 g/mol. The molecule has 6 nitrogen and oxygen atoms in total. The number of amides is 1. The molecule has 1 aliphatic heterocycles. The molecule has 0 bridgehead atoms. The van der Waals surface area contributed by atoms with Crippen LogP contribution < -0.4 is 9.62 Å². The second-order valence-corrected chi connectivity index (χ2v) is 10.4. The number of piperazine rings is 1. The summed E-state index contributed by atoms with van der Waals surface area (Å²) in [6.07, 6.45) is -3.86. The Labute approximate surface area is 202 Å². The molecule has 0 spiro atoms. The quantitative estimate of drug-likeness (QED) is 0.591. The summed E-state index contributed by atoms with van der Waals surface area (Å²) in [6, 6.07) is 9.78. The molecule has 1 heterocycles. The van der Waals surface area contributed by atoms with Crippen LogP contribution in [0, 0.1) is 5.92 Å². The smallest absolute Gasteiger partial charge is 0.368 e. The predicted octanol–water partition coefficient (Wildman–Crippen LogP) is 4.40. The zero-order valence-corrected chi connectivity index (χ0v) is 20.4. The highest BCUT2D eigenvalue weighted by atomic mass is 35.5. The van der Waals surface area contributed by atoms with E-state index in [9.17, 15) is 26.4 Å². The Morgan fingerprint density at radius 3 is 2.26 bits per heavy atom. The van der Waals surface area contributed by atoms with E-state index >= 15 is 0 Å². The van der Waals surface area contributed by atoms with Crippen molar-refractivity contribution in [2.75, 3.05) is 31.1 Å². The number of hydrogen-bond donors (Lipinski definition) is 1. The van der Waals surface area contributed by atoms with E-state index in [1.807, 2.05) is 6.92 Å². The van der Waals surface area contributed by atoms with E-state index in [1.165, 1.54) is 30.3 Å². The normalized spacial score (nSPS) is 16.9. The Hall–Kier alpha value is -2.30. The molecule has 1 saturated heterocycles. The van der Waals surface area contributed by atoms with Gasteiger partial charge in [-0.1, -0.05) is 37.9 Å². The lowest BCUT2D eigenvalue weighted by atomic mass is 9.98. The molecule has 2 atom stereocenters. The molecule has 2 unspecified atom stereocenters. The minimum Gasteiger partial charge on any atom is -0.368 e. The van der Waals surface area contributed by atoms with Gasteiger partial charge in [0.15, 0.2) is 0 Å². The summed E-state index contributed by atoms with van der Waals surface area (Å²) in [4.78, 5) is 16.7. The van der Waals surface area contributed by atoms with E-state index in [4.69, 9.17) is 11.6 Å². The molecule has 3 rings (SSSR count). The van der Waals surface area contributed by atoms with Gasteiger partial charge in [-0.05, 0) is 48.4 Å². The van der Waals surface area contributed by atoms with E-state index in [2.05, 4.69) is 4.72 Å². The Balaban J connectivity index is 1.71. The van der Waals surface area contributed by atoms with Gasteiger partial charge in [-0.15, -0.1) is 0 Å².